The van der Waals surface area contributed by atoms with Crippen molar-refractivity contribution >= 4 is 0 Å². The van der Waals surface area contributed by atoms with Gasteiger partial charge in [-0.1, -0.05) is 0 Å². The van der Waals surface area contributed by atoms with Gasteiger partial charge in [0.2, 0.25) is 0 Å². The maximum Gasteiger partial charge on any atom is 0.184 e. The smallest absolute Gasteiger partial charge is 0.184 e. The average molecular weight is 194 g/mol. The molecule has 1 aliphatic heterocycles. The summed E-state index contributed by atoms with van der Waals surface area (Å²) < 4.78 is 9.48. The third-order valence-corrected chi connectivity index (χ3v) is 2.11. The van der Waals surface area contributed by atoms with E-state index in [1.165, 1.54) is 7.11 Å². The van der Waals surface area contributed by atoms with Gasteiger partial charge in [0.15, 0.2) is 6.29 Å². The lowest BCUT2D eigenvalue weighted by molar-refractivity contribution is -0.290. The van der Waals surface area contributed by atoms with Crippen LogP contribution in [0.15, 0.2) is 0 Å². The first-order valence-electron chi connectivity index (χ1n) is 3.95. The Balaban J connectivity index is 2.69. The third-order valence-electron chi connectivity index (χ3n) is 2.11. The summed E-state index contributed by atoms with van der Waals surface area (Å²) in [5.41, 5.74) is 0. The molecular weight excluding hydrogens is 180 g/mol. The van der Waals surface area contributed by atoms with Gasteiger partial charge in [0, 0.05) is 7.11 Å². The molecule has 0 saturated carbocycles. The van der Waals surface area contributed by atoms with Crippen molar-refractivity contribution in [3.05, 3.63) is 0 Å². The van der Waals surface area contributed by atoms with Gasteiger partial charge in [-0.05, 0) is 0 Å². The van der Waals surface area contributed by atoms with E-state index in [0.717, 1.165) is 0 Å². The van der Waals surface area contributed by atoms with E-state index in [1.807, 2.05) is 0 Å². The molecule has 6 nitrogen and oxygen atoms in total. The molecule has 0 aromatic heterocycles. The van der Waals surface area contributed by atoms with E-state index in [-0.39, 0.29) is 0 Å². The lowest BCUT2D eigenvalue weighted by atomic mass is 9.99. The SMILES string of the molecule is COC1C(O)C(O)OC(CO)C1O. The normalized spacial score (nSPS) is 46.4. The first-order chi connectivity index (χ1) is 6.11. The fourth-order valence-corrected chi connectivity index (χ4v) is 1.35. The average Bonchev–Trinajstić information content (AvgIpc) is 2.12. The van der Waals surface area contributed by atoms with E-state index in [9.17, 15) is 10.2 Å². The van der Waals surface area contributed by atoms with Crippen molar-refractivity contribution in [1.29, 1.82) is 0 Å². The zero-order valence-corrected chi connectivity index (χ0v) is 7.20. The maximum atomic E-state index is 9.44. The van der Waals surface area contributed by atoms with Crippen molar-refractivity contribution < 1.29 is 29.9 Å². The Hall–Kier alpha value is -0.240. The Morgan fingerprint density at radius 2 is 1.85 bits per heavy atom. The largest absolute Gasteiger partial charge is 0.394 e. The van der Waals surface area contributed by atoms with Crippen LogP contribution in [0.5, 0.6) is 0 Å². The molecular formula is C7H14O6. The quantitative estimate of drug-likeness (QED) is 0.386. The van der Waals surface area contributed by atoms with Crippen molar-refractivity contribution in [3.63, 3.8) is 0 Å². The number of rotatable bonds is 2. The van der Waals surface area contributed by atoms with Crippen LogP contribution in [0.3, 0.4) is 0 Å². The number of hydrogen-bond acceptors (Lipinski definition) is 6. The number of aliphatic hydroxyl groups is 4. The van der Waals surface area contributed by atoms with E-state index in [1.54, 1.807) is 0 Å². The molecule has 13 heavy (non-hydrogen) atoms. The topological polar surface area (TPSA) is 99.4 Å². The predicted molar refractivity (Wildman–Crippen MR) is 40.8 cm³/mol. The first-order valence-corrected chi connectivity index (χ1v) is 3.95. The molecule has 0 spiro atoms. The zero-order valence-electron chi connectivity index (χ0n) is 7.20. The van der Waals surface area contributed by atoms with Gasteiger partial charge < -0.3 is 29.9 Å². The standard InChI is InChI=1S/C7H14O6/c1-12-6-4(9)3(2-8)13-7(11)5(6)10/h3-11H,2H2,1H3. The number of aliphatic hydroxyl groups excluding tert-OH is 4. The highest BCUT2D eigenvalue weighted by atomic mass is 16.6. The van der Waals surface area contributed by atoms with E-state index in [4.69, 9.17) is 19.7 Å². The number of ether oxygens (including phenoxy) is 2. The summed E-state index contributed by atoms with van der Waals surface area (Å²) >= 11 is 0. The molecule has 5 unspecified atom stereocenters. The number of hydrogen-bond donors (Lipinski definition) is 4. The van der Waals surface area contributed by atoms with Crippen molar-refractivity contribution in [2.45, 2.75) is 30.7 Å². The monoisotopic (exact) mass is 194 g/mol. The molecule has 0 aliphatic carbocycles. The fraction of sp³-hybridized carbons (Fsp3) is 1.00. The maximum absolute atomic E-state index is 9.44. The van der Waals surface area contributed by atoms with Crippen LogP contribution in [0.1, 0.15) is 0 Å². The summed E-state index contributed by atoms with van der Waals surface area (Å²) in [5, 5.41) is 36.6. The highest BCUT2D eigenvalue weighted by Gasteiger charge is 2.43. The molecule has 78 valence electrons. The lowest BCUT2D eigenvalue weighted by Gasteiger charge is -2.39. The minimum absolute atomic E-state index is 0.440. The molecule has 6 heteroatoms. The summed E-state index contributed by atoms with van der Waals surface area (Å²) in [6, 6.07) is 0. The first kappa shape index (κ1) is 10.8. The van der Waals surface area contributed by atoms with Crippen LogP contribution in [0.2, 0.25) is 0 Å². The van der Waals surface area contributed by atoms with Gasteiger partial charge >= 0.3 is 0 Å². The van der Waals surface area contributed by atoms with Crippen molar-refractivity contribution in [2.75, 3.05) is 13.7 Å². The predicted octanol–water partition coefficient (Wildman–Crippen LogP) is -2.57. The van der Waals surface area contributed by atoms with E-state index < -0.39 is 37.3 Å². The molecule has 0 amide bonds. The molecule has 4 N–H and O–H groups in total. The van der Waals surface area contributed by atoms with Crippen LogP contribution in [0.25, 0.3) is 0 Å². The Morgan fingerprint density at radius 1 is 1.23 bits per heavy atom. The highest BCUT2D eigenvalue weighted by Crippen LogP contribution is 2.21. The molecule has 0 radical (unpaired) electrons. The van der Waals surface area contributed by atoms with Gasteiger partial charge in [0.25, 0.3) is 0 Å². The Bertz CT molecular complexity index is 163. The second-order valence-electron chi connectivity index (χ2n) is 2.93. The van der Waals surface area contributed by atoms with Gasteiger partial charge in [-0.15, -0.1) is 0 Å². The van der Waals surface area contributed by atoms with Crippen LogP contribution in [-0.2, 0) is 9.47 Å². The molecule has 1 fully saturated rings. The molecule has 1 saturated heterocycles. The summed E-state index contributed by atoms with van der Waals surface area (Å²) in [4.78, 5) is 0. The van der Waals surface area contributed by atoms with Crippen molar-refractivity contribution in [1.82, 2.24) is 0 Å². The van der Waals surface area contributed by atoms with Gasteiger partial charge in [-0.25, -0.2) is 0 Å². The molecule has 1 heterocycles. The molecule has 0 bridgehead atoms. The van der Waals surface area contributed by atoms with Crippen LogP contribution < -0.4 is 0 Å². The summed E-state index contributed by atoms with van der Waals surface area (Å²) in [6.07, 6.45) is -5.76. The zero-order chi connectivity index (χ0) is 10.0. The Kier molecular flexibility index (Phi) is 3.60. The fourth-order valence-electron chi connectivity index (χ4n) is 1.35. The van der Waals surface area contributed by atoms with E-state index >= 15 is 0 Å². The van der Waals surface area contributed by atoms with Crippen molar-refractivity contribution in [3.8, 4) is 0 Å². The van der Waals surface area contributed by atoms with Gasteiger partial charge in [0.05, 0.1) is 6.61 Å². The van der Waals surface area contributed by atoms with Crippen LogP contribution in [0, 0.1) is 0 Å². The lowest BCUT2D eigenvalue weighted by Crippen LogP contribution is -2.59. The van der Waals surface area contributed by atoms with Crippen LogP contribution in [0.4, 0.5) is 0 Å². The van der Waals surface area contributed by atoms with Crippen LogP contribution in [-0.4, -0.2) is 64.8 Å². The van der Waals surface area contributed by atoms with Crippen LogP contribution >= 0.6 is 0 Å². The summed E-state index contributed by atoms with van der Waals surface area (Å²) in [7, 11) is 1.30. The summed E-state index contributed by atoms with van der Waals surface area (Å²) in [5.74, 6) is 0. The minimum Gasteiger partial charge on any atom is -0.394 e. The van der Waals surface area contributed by atoms with E-state index in [2.05, 4.69) is 0 Å². The summed E-state index contributed by atoms with van der Waals surface area (Å²) in [6.45, 7) is -0.440. The Morgan fingerprint density at radius 3 is 2.31 bits per heavy atom. The Labute approximate surface area is 75.3 Å². The second-order valence-corrected chi connectivity index (χ2v) is 2.93. The van der Waals surface area contributed by atoms with Crippen molar-refractivity contribution in [2.24, 2.45) is 0 Å². The minimum atomic E-state index is -1.44. The third kappa shape index (κ3) is 1.98. The molecule has 1 aliphatic rings. The van der Waals surface area contributed by atoms with Gasteiger partial charge in [0.1, 0.15) is 24.4 Å². The van der Waals surface area contributed by atoms with E-state index in [0.29, 0.717) is 0 Å². The molecule has 1 rings (SSSR count). The number of methoxy groups -OCH3 is 1. The molecule has 0 aromatic rings. The van der Waals surface area contributed by atoms with Gasteiger partial charge in [-0.3, -0.25) is 0 Å². The molecule has 0 aromatic carbocycles. The highest BCUT2D eigenvalue weighted by molar-refractivity contribution is 4.89. The molecule has 5 atom stereocenters. The van der Waals surface area contributed by atoms with Gasteiger partial charge in [-0.2, -0.15) is 0 Å². The second kappa shape index (κ2) is 4.32.